The summed E-state index contributed by atoms with van der Waals surface area (Å²) < 4.78 is 0. The monoisotopic (exact) mass is 946 g/mol. The molecule has 11 aromatic carbocycles. The van der Waals surface area contributed by atoms with Crippen LogP contribution in [-0.4, -0.2) is 22.9 Å². The number of aryl methyl sites for hydroxylation is 1. The van der Waals surface area contributed by atoms with Gasteiger partial charge >= 0.3 is 0 Å². The maximum absolute atomic E-state index is 2.77. The van der Waals surface area contributed by atoms with E-state index in [0.29, 0.717) is 0 Å². The summed E-state index contributed by atoms with van der Waals surface area (Å²) in [6, 6.07) is 102. The lowest BCUT2D eigenvalue weighted by atomic mass is 9.33. The van der Waals surface area contributed by atoms with Gasteiger partial charge in [-0.3, -0.25) is 0 Å². The molecule has 0 bridgehead atoms. The van der Waals surface area contributed by atoms with E-state index < -0.39 is 16.1 Å². The fraction of sp³-hybridized carbons (Fsp3) is 0.0149. The Bertz CT molecular complexity index is 3880. The van der Waals surface area contributed by atoms with Crippen LogP contribution >= 0.6 is 0 Å². The fourth-order valence-electron chi connectivity index (χ4n) is 13.8. The molecule has 0 N–H and O–H groups in total. The van der Waals surface area contributed by atoms with E-state index in [1.54, 1.807) is 0 Å². The van der Waals surface area contributed by atoms with Crippen LogP contribution in [0.1, 0.15) is 5.56 Å². The van der Waals surface area contributed by atoms with Gasteiger partial charge in [0.1, 0.15) is 0 Å². The second-order valence-corrected chi connectivity index (χ2v) is 27.4. The summed E-state index contributed by atoms with van der Waals surface area (Å²) in [6.07, 6.45) is 0. The highest BCUT2D eigenvalue weighted by molar-refractivity contribution is 7.23. The van der Waals surface area contributed by atoms with Crippen LogP contribution in [0.3, 0.4) is 0 Å². The van der Waals surface area contributed by atoms with Crippen LogP contribution in [0.15, 0.2) is 267 Å². The highest BCUT2D eigenvalue weighted by atomic mass is 28.3. The third kappa shape index (κ3) is 5.49. The summed E-state index contributed by atoms with van der Waals surface area (Å²) in [6.45, 7) is 2.36. The van der Waals surface area contributed by atoms with E-state index in [1.807, 2.05) is 0 Å². The standard InChI is InChI=1S/C67H47BN2Si2/c1-46-38-43-61-66-67(46)70(48-40-42-56-54-31-15-21-37-63(54)72(65(56)45-48,51-26-10-4-11-27-51)52-28-12-5-13-29-52)60-35-19-17-33-58(60)68(66)57-32-16-18-34-59(57)69(61)47-39-41-55-53-30-14-20-36-62(53)71(64(55)44-47,49-22-6-2-7-23-49)50-24-8-3-9-25-50/h2-45H,1H3. The zero-order chi connectivity index (χ0) is 47.5. The number of benzene rings is 11. The van der Waals surface area contributed by atoms with Gasteiger partial charge in [-0.05, 0) is 135 Å². The van der Waals surface area contributed by atoms with Crippen molar-refractivity contribution in [3.63, 3.8) is 0 Å². The molecule has 0 amide bonds. The van der Waals surface area contributed by atoms with Crippen LogP contribution in [0.5, 0.6) is 0 Å². The van der Waals surface area contributed by atoms with Crippen molar-refractivity contribution in [1.29, 1.82) is 0 Å². The molecule has 4 aliphatic heterocycles. The van der Waals surface area contributed by atoms with E-state index in [0.717, 1.165) is 0 Å². The van der Waals surface area contributed by atoms with Crippen molar-refractivity contribution in [3.8, 4) is 22.3 Å². The minimum atomic E-state index is -2.77. The first-order valence-electron chi connectivity index (χ1n) is 25.3. The molecule has 0 fully saturated rings. The van der Waals surface area contributed by atoms with Crippen molar-refractivity contribution in [2.45, 2.75) is 6.92 Å². The smallest absolute Gasteiger partial charge is 0.252 e. The third-order valence-corrected chi connectivity index (χ3v) is 26.3. The molecule has 0 atom stereocenters. The van der Waals surface area contributed by atoms with Gasteiger partial charge in [-0.1, -0.05) is 224 Å². The fourth-order valence-corrected chi connectivity index (χ4v) is 24.2. The second kappa shape index (κ2) is 15.8. The molecule has 4 aliphatic rings. The van der Waals surface area contributed by atoms with Gasteiger partial charge in [0.15, 0.2) is 16.1 Å². The largest absolute Gasteiger partial charge is 0.311 e. The van der Waals surface area contributed by atoms with Gasteiger partial charge in [0.2, 0.25) is 0 Å². The molecule has 0 aliphatic carbocycles. The Labute approximate surface area is 423 Å². The average Bonchev–Trinajstić information content (AvgIpc) is 3.92. The summed E-state index contributed by atoms with van der Waals surface area (Å²) in [5.41, 5.74) is 18.0. The average molecular weight is 947 g/mol. The summed E-state index contributed by atoms with van der Waals surface area (Å²) in [5.74, 6) is 0. The van der Waals surface area contributed by atoms with Crippen molar-refractivity contribution >= 4 is 115 Å². The van der Waals surface area contributed by atoms with E-state index in [4.69, 9.17) is 0 Å². The predicted molar refractivity (Wildman–Crippen MR) is 310 cm³/mol. The van der Waals surface area contributed by atoms with Crippen LogP contribution in [-0.2, 0) is 0 Å². The Balaban J connectivity index is 0.978. The Morgan fingerprint density at radius 3 is 1.15 bits per heavy atom. The molecule has 15 rings (SSSR count). The van der Waals surface area contributed by atoms with E-state index >= 15 is 0 Å². The highest BCUT2D eigenvalue weighted by Gasteiger charge is 2.51. The number of hydrogen-bond acceptors (Lipinski definition) is 2. The number of para-hydroxylation sites is 2. The molecular formula is C67H47BN2Si2. The molecule has 4 heterocycles. The van der Waals surface area contributed by atoms with Crippen molar-refractivity contribution < 1.29 is 0 Å². The summed E-state index contributed by atoms with van der Waals surface area (Å²) in [7, 11) is -5.53. The van der Waals surface area contributed by atoms with Gasteiger partial charge in [0.05, 0.1) is 0 Å². The van der Waals surface area contributed by atoms with E-state index in [1.165, 1.54) is 120 Å². The first-order chi connectivity index (χ1) is 35.7. The minimum Gasteiger partial charge on any atom is -0.311 e. The molecule has 72 heavy (non-hydrogen) atoms. The van der Waals surface area contributed by atoms with Gasteiger partial charge in [-0.25, -0.2) is 0 Å². The summed E-state index contributed by atoms with van der Waals surface area (Å²) in [5, 5.41) is 11.4. The maximum atomic E-state index is 2.62. The van der Waals surface area contributed by atoms with E-state index in [9.17, 15) is 0 Å². The Morgan fingerprint density at radius 1 is 0.306 bits per heavy atom. The van der Waals surface area contributed by atoms with Gasteiger partial charge in [-0.15, -0.1) is 0 Å². The Kier molecular flexibility index (Phi) is 9.04. The molecule has 0 aromatic heterocycles. The molecular weight excluding hydrogens is 900 g/mol. The molecule has 2 nitrogen and oxygen atoms in total. The molecule has 0 saturated heterocycles. The van der Waals surface area contributed by atoms with E-state index in [2.05, 4.69) is 284 Å². The zero-order valence-electron chi connectivity index (χ0n) is 39.9. The molecule has 0 unspecified atom stereocenters. The van der Waals surface area contributed by atoms with Crippen molar-refractivity contribution in [3.05, 3.63) is 272 Å². The normalized spacial score (nSPS) is 14.6. The van der Waals surface area contributed by atoms with Crippen molar-refractivity contribution in [2.24, 2.45) is 0 Å². The van der Waals surface area contributed by atoms with Gasteiger partial charge in [0, 0.05) is 34.1 Å². The predicted octanol–water partition coefficient (Wildman–Crippen LogP) is 8.79. The lowest BCUT2D eigenvalue weighted by molar-refractivity contribution is 1.23. The van der Waals surface area contributed by atoms with Crippen LogP contribution in [0.2, 0.25) is 0 Å². The SMILES string of the molecule is Cc1ccc2c3c1N(c1ccc4c(c1)[Si](c1ccccc1)(c1ccccc1)c1ccccc1-4)c1ccccc1B3c1ccccc1N2c1ccc2c(c1)[Si](c1ccccc1)(c1ccccc1)c1ccccc1-2. The topological polar surface area (TPSA) is 6.48 Å². The maximum Gasteiger partial charge on any atom is 0.252 e. The molecule has 0 radical (unpaired) electrons. The lowest BCUT2D eigenvalue weighted by Crippen LogP contribution is -2.72. The van der Waals surface area contributed by atoms with Crippen molar-refractivity contribution in [2.75, 3.05) is 9.80 Å². The van der Waals surface area contributed by atoms with E-state index in [-0.39, 0.29) is 6.71 Å². The first-order valence-corrected chi connectivity index (χ1v) is 29.3. The number of anilines is 6. The molecule has 5 heteroatoms. The molecule has 11 aromatic rings. The number of hydrogen-bond donors (Lipinski definition) is 0. The quantitative estimate of drug-likeness (QED) is 0.154. The molecule has 0 spiro atoms. The minimum absolute atomic E-state index is 0.0383. The number of rotatable bonds is 6. The van der Waals surface area contributed by atoms with Crippen LogP contribution < -0.4 is 67.7 Å². The number of nitrogens with zero attached hydrogens (tertiary/aromatic N) is 2. The van der Waals surface area contributed by atoms with Gasteiger partial charge in [0.25, 0.3) is 6.71 Å². The molecule has 0 saturated carbocycles. The van der Waals surface area contributed by atoms with Crippen LogP contribution in [0, 0.1) is 6.92 Å². The zero-order valence-corrected chi connectivity index (χ0v) is 41.9. The second-order valence-electron chi connectivity index (χ2n) is 19.9. The van der Waals surface area contributed by atoms with Gasteiger partial charge < -0.3 is 9.80 Å². The van der Waals surface area contributed by atoms with Gasteiger partial charge in [-0.2, -0.15) is 0 Å². The number of fused-ring (bicyclic) bond motifs is 10. The summed E-state index contributed by atoms with van der Waals surface area (Å²) >= 11 is 0. The highest BCUT2D eigenvalue weighted by Crippen LogP contribution is 2.46. The lowest BCUT2D eigenvalue weighted by Gasteiger charge is -2.45. The summed E-state index contributed by atoms with van der Waals surface area (Å²) in [4.78, 5) is 5.21. The van der Waals surface area contributed by atoms with Crippen LogP contribution in [0.25, 0.3) is 22.3 Å². The Morgan fingerprint density at radius 2 is 0.681 bits per heavy atom. The first kappa shape index (κ1) is 41.3. The molecule has 336 valence electrons. The Hall–Kier alpha value is -8.48. The third-order valence-electron chi connectivity index (χ3n) is 16.5. The van der Waals surface area contributed by atoms with Crippen molar-refractivity contribution in [1.82, 2.24) is 0 Å². The van der Waals surface area contributed by atoms with Crippen LogP contribution in [0.4, 0.5) is 34.1 Å².